The lowest BCUT2D eigenvalue weighted by Crippen LogP contribution is -2.13. The average molecular weight is 345 g/mol. The third-order valence-corrected chi connectivity index (χ3v) is 3.63. The fourth-order valence-corrected chi connectivity index (χ4v) is 2.29. The molecule has 4 nitrogen and oxygen atoms in total. The first-order valence-corrected chi connectivity index (χ1v) is 8.52. The molecule has 0 aliphatic carbocycles. The van der Waals surface area contributed by atoms with Crippen molar-refractivity contribution in [3.05, 3.63) is 53.3 Å². The molecule has 0 saturated heterocycles. The predicted octanol–water partition coefficient (Wildman–Crippen LogP) is 4.96. The van der Waals surface area contributed by atoms with Crippen molar-refractivity contribution in [2.45, 2.75) is 33.6 Å². The van der Waals surface area contributed by atoms with Gasteiger partial charge in [-0.3, -0.25) is 4.79 Å². The Bertz CT molecular complexity index is 731. The van der Waals surface area contributed by atoms with Crippen LogP contribution in [0.25, 0.3) is 0 Å². The van der Waals surface area contributed by atoms with Gasteiger partial charge in [-0.1, -0.05) is 19.4 Å². The molecule has 2 aromatic carbocycles. The zero-order chi connectivity index (χ0) is 18.2. The van der Waals surface area contributed by atoms with Gasteiger partial charge in [-0.05, 0) is 56.2 Å². The van der Waals surface area contributed by atoms with Gasteiger partial charge < -0.3 is 14.8 Å². The number of rotatable bonds is 8. The number of benzene rings is 2. The molecule has 2 aromatic rings. The third kappa shape index (κ3) is 5.21. The van der Waals surface area contributed by atoms with Crippen molar-refractivity contribution in [1.29, 1.82) is 0 Å². The van der Waals surface area contributed by atoms with Gasteiger partial charge >= 0.3 is 0 Å². The van der Waals surface area contributed by atoms with E-state index < -0.39 is 11.7 Å². The lowest BCUT2D eigenvalue weighted by molar-refractivity contribution is 0.102. The van der Waals surface area contributed by atoms with Crippen molar-refractivity contribution < 1.29 is 18.7 Å². The molecule has 2 rings (SSSR count). The van der Waals surface area contributed by atoms with Gasteiger partial charge in [-0.25, -0.2) is 4.39 Å². The highest BCUT2D eigenvalue weighted by Gasteiger charge is 2.13. The average Bonchev–Trinajstić information content (AvgIpc) is 2.59. The van der Waals surface area contributed by atoms with Gasteiger partial charge in [0.15, 0.2) is 11.5 Å². The smallest absolute Gasteiger partial charge is 0.255 e. The van der Waals surface area contributed by atoms with Gasteiger partial charge in [0.05, 0.1) is 18.9 Å². The molecular weight excluding hydrogens is 321 g/mol. The van der Waals surface area contributed by atoms with Gasteiger partial charge in [-0.2, -0.15) is 0 Å². The first kappa shape index (κ1) is 18.8. The van der Waals surface area contributed by atoms with Gasteiger partial charge in [0.25, 0.3) is 5.91 Å². The summed E-state index contributed by atoms with van der Waals surface area (Å²) in [7, 11) is 0. The minimum absolute atomic E-state index is 0.159. The molecule has 0 aliphatic heterocycles. The van der Waals surface area contributed by atoms with Crippen LogP contribution < -0.4 is 14.8 Å². The zero-order valence-electron chi connectivity index (χ0n) is 14.9. The topological polar surface area (TPSA) is 47.6 Å². The highest BCUT2D eigenvalue weighted by Crippen LogP contribution is 2.29. The van der Waals surface area contributed by atoms with E-state index in [4.69, 9.17) is 9.47 Å². The molecule has 25 heavy (non-hydrogen) atoms. The number of anilines is 1. The maximum Gasteiger partial charge on any atom is 0.255 e. The van der Waals surface area contributed by atoms with E-state index in [0.717, 1.165) is 18.4 Å². The predicted molar refractivity (Wildman–Crippen MR) is 97.1 cm³/mol. The summed E-state index contributed by atoms with van der Waals surface area (Å²) in [6.07, 6.45) is 1.98. The molecular formula is C20H24FNO3. The van der Waals surface area contributed by atoms with E-state index in [2.05, 4.69) is 12.2 Å². The summed E-state index contributed by atoms with van der Waals surface area (Å²) in [4.78, 5) is 12.4. The molecule has 0 heterocycles. The molecule has 0 aromatic heterocycles. The summed E-state index contributed by atoms with van der Waals surface area (Å²) < 4.78 is 25.1. The summed E-state index contributed by atoms with van der Waals surface area (Å²) >= 11 is 0. The standard InChI is InChI=1S/C20H24FNO3/c1-4-6-11-25-18-10-8-15(13-19(18)24-5-2)20(23)22-17-12-14(3)7-9-16(17)21/h7-10,12-13H,4-6,11H2,1-3H3,(H,22,23). The fraction of sp³-hybridized carbons (Fsp3) is 0.350. The second kappa shape index (κ2) is 9.06. The first-order chi connectivity index (χ1) is 12.0. The van der Waals surface area contributed by atoms with Crippen molar-refractivity contribution in [2.24, 2.45) is 0 Å². The van der Waals surface area contributed by atoms with Crippen molar-refractivity contribution >= 4 is 11.6 Å². The van der Waals surface area contributed by atoms with Crippen LogP contribution in [0.4, 0.5) is 10.1 Å². The Morgan fingerprint density at radius 2 is 1.88 bits per heavy atom. The Labute approximate surface area is 148 Å². The minimum Gasteiger partial charge on any atom is -0.490 e. The van der Waals surface area contributed by atoms with E-state index in [1.807, 2.05) is 13.8 Å². The summed E-state index contributed by atoms with van der Waals surface area (Å²) in [5.41, 5.74) is 1.41. The van der Waals surface area contributed by atoms with Crippen molar-refractivity contribution in [3.8, 4) is 11.5 Å². The summed E-state index contributed by atoms with van der Waals surface area (Å²) in [5, 5.41) is 2.60. The monoisotopic (exact) mass is 345 g/mol. The Morgan fingerprint density at radius 1 is 1.08 bits per heavy atom. The van der Waals surface area contributed by atoms with Gasteiger partial charge in [0.1, 0.15) is 5.82 Å². The van der Waals surface area contributed by atoms with E-state index in [1.165, 1.54) is 6.07 Å². The number of carbonyl (C=O) groups is 1. The largest absolute Gasteiger partial charge is 0.490 e. The summed E-state index contributed by atoms with van der Waals surface area (Å²) in [5.74, 6) is 0.249. The Balaban J connectivity index is 2.18. The lowest BCUT2D eigenvalue weighted by Gasteiger charge is -2.13. The fourth-order valence-electron chi connectivity index (χ4n) is 2.29. The van der Waals surface area contributed by atoms with Crippen LogP contribution in [0.3, 0.4) is 0 Å². The van der Waals surface area contributed by atoms with Crippen molar-refractivity contribution in [1.82, 2.24) is 0 Å². The van der Waals surface area contributed by atoms with Crippen molar-refractivity contribution in [3.63, 3.8) is 0 Å². The normalized spacial score (nSPS) is 10.4. The maximum absolute atomic E-state index is 13.8. The van der Waals surface area contributed by atoms with E-state index in [0.29, 0.717) is 30.3 Å². The second-order valence-electron chi connectivity index (χ2n) is 5.73. The molecule has 5 heteroatoms. The molecule has 0 atom stereocenters. The Hall–Kier alpha value is -2.56. The highest BCUT2D eigenvalue weighted by molar-refractivity contribution is 6.04. The molecule has 1 N–H and O–H groups in total. The van der Waals surface area contributed by atoms with Crippen molar-refractivity contribution in [2.75, 3.05) is 18.5 Å². The number of halogens is 1. The first-order valence-electron chi connectivity index (χ1n) is 8.52. The minimum atomic E-state index is -0.469. The van der Waals surface area contributed by atoms with Gasteiger partial charge in [0.2, 0.25) is 0 Å². The number of ether oxygens (including phenoxy) is 2. The molecule has 0 radical (unpaired) electrons. The van der Waals surface area contributed by atoms with E-state index in [1.54, 1.807) is 30.3 Å². The lowest BCUT2D eigenvalue weighted by atomic mass is 10.1. The molecule has 0 aliphatic rings. The highest BCUT2D eigenvalue weighted by atomic mass is 19.1. The van der Waals surface area contributed by atoms with E-state index in [-0.39, 0.29) is 5.69 Å². The van der Waals surface area contributed by atoms with Crippen LogP contribution in [0.15, 0.2) is 36.4 Å². The zero-order valence-corrected chi connectivity index (χ0v) is 14.9. The van der Waals surface area contributed by atoms with Crippen LogP contribution in [0, 0.1) is 12.7 Å². The van der Waals surface area contributed by atoms with Gasteiger partial charge in [-0.15, -0.1) is 0 Å². The molecule has 1 amide bonds. The number of aryl methyl sites for hydroxylation is 1. The third-order valence-electron chi connectivity index (χ3n) is 3.63. The Morgan fingerprint density at radius 3 is 2.60 bits per heavy atom. The van der Waals surface area contributed by atoms with E-state index in [9.17, 15) is 9.18 Å². The summed E-state index contributed by atoms with van der Waals surface area (Å²) in [6, 6.07) is 9.56. The van der Waals surface area contributed by atoms with Crippen LogP contribution >= 0.6 is 0 Å². The van der Waals surface area contributed by atoms with Crippen LogP contribution in [-0.2, 0) is 0 Å². The molecule has 134 valence electrons. The van der Waals surface area contributed by atoms with E-state index >= 15 is 0 Å². The quantitative estimate of drug-likeness (QED) is 0.688. The van der Waals surface area contributed by atoms with Gasteiger partial charge in [0, 0.05) is 5.56 Å². The number of unbranched alkanes of at least 4 members (excludes halogenated alkanes) is 1. The molecule has 0 saturated carbocycles. The Kier molecular flexibility index (Phi) is 6.81. The maximum atomic E-state index is 13.8. The second-order valence-corrected chi connectivity index (χ2v) is 5.73. The number of nitrogens with one attached hydrogen (secondary N) is 1. The summed E-state index contributed by atoms with van der Waals surface area (Å²) in [6.45, 7) is 6.85. The SMILES string of the molecule is CCCCOc1ccc(C(=O)Nc2cc(C)ccc2F)cc1OCC. The molecule has 0 fully saturated rings. The number of amides is 1. The van der Waals surface area contributed by atoms with Crippen LogP contribution in [0.2, 0.25) is 0 Å². The molecule has 0 unspecified atom stereocenters. The van der Waals surface area contributed by atoms with Crippen LogP contribution in [0.5, 0.6) is 11.5 Å². The molecule has 0 spiro atoms. The number of carbonyl (C=O) groups excluding carboxylic acids is 1. The van der Waals surface area contributed by atoms with Crippen LogP contribution in [0.1, 0.15) is 42.6 Å². The number of hydrogen-bond acceptors (Lipinski definition) is 3. The number of hydrogen-bond donors (Lipinski definition) is 1. The van der Waals surface area contributed by atoms with Crippen LogP contribution in [-0.4, -0.2) is 19.1 Å². The molecule has 0 bridgehead atoms.